The van der Waals surface area contributed by atoms with E-state index in [-0.39, 0.29) is 0 Å². The highest BCUT2D eigenvalue weighted by Gasteiger charge is 2.26. The quantitative estimate of drug-likeness (QED) is 0.737. The molecule has 0 atom stereocenters. The number of imidazole rings is 1. The maximum Gasteiger partial charge on any atom is 0.137 e. The molecule has 25 heavy (non-hydrogen) atoms. The molecule has 1 aliphatic carbocycles. The van der Waals surface area contributed by atoms with E-state index in [0.29, 0.717) is 5.92 Å². The van der Waals surface area contributed by atoms with Crippen molar-refractivity contribution in [2.24, 2.45) is 0 Å². The minimum absolute atomic E-state index is 0.697. The van der Waals surface area contributed by atoms with Gasteiger partial charge in [0.2, 0.25) is 0 Å². The van der Waals surface area contributed by atoms with Crippen molar-refractivity contribution in [2.75, 3.05) is 36.0 Å². The van der Waals surface area contributed by atoms with Crippen LogP contribution in [0, 0.1) is 6.92 Å². The first-order chi connectivity index (χ1) is 12.3. The van der Waals surface area contributed by atoms with Gasteiger partial charge in [-0.05, 0) is 38.0 Å². The number of aryl methyl sites for hydroxylation is 1. The van der Waals surface area contributed by atoms with Crippen LogP contribution in [0.1, 0.15) is 30.3 Å². The number of aromatic nitrogens is 4. The Morgan fingerprint density at radius 1 is 0.920 bits per heavy atom. The summed E-state index contributed by atoms with van der Waals surface area (Å²) in [7, 11) is 0. The van der Waals surface area contributed by atoms with E-state index in [4.69, 9.17) is 4.98 Å². The van der Waals surface area contributed by atoms with E-state index in [1.807, 2.05) is 19.2 Å². The molecular weight excluding hydrogens is 312 g/mol. The molecule has 0 bridgehead atoms. The van der Waals surface area contributed by atoms with E-state index in [1.54, 1.807) is 0 Å². The molecule has 0 aromatic carbocycles. The van der Waals surface area contributed by atoms with E-state index in [2.05, 4.69) is 48.7 Å². The molecule has 0 radical (unpaired) electrons. The number of nitrogens with zero attached hydrogens (tertiary/aromatic N) is 6. The normalized spacial score (nSPS) is 18.1. The highest BCUT2D eigenvalue weighted by molar-refractivity contribution is 5.54. The number of hydrogen-bond donors (Lipinski definition) is 0. The van der Waals surface area contributed by atoms with Crippen molar-refractivity contribution in [3.05, 3.63) is 48.3 Å². The van der Waals surface area contributed by atoms with E-state index < -0.39 is 0 Å². The standard InChI is InChI=1S/C19H22N6/c1-14-20-7-6-19(21-14)24-10-8-23(9-11-24)16-4-5-18-22-17(15-2-3-15)13-25(18)12-16/h4-7,12-13,15H,2-3,8-11H2,1H3. The highest BCUT2D eigenvalue weighted by Crippen LogP contribution is 2.39. The molecule has 6 heteroatoms. The lowest BCUT2D eigenvalue weighted by molar-refractivity contribution is 0.644. The van der Waals surface area contributed by atoms with Crippen molar-refractivity contribution >= 4 is 17.2 Å². The van der Waals surface area contributed by atoms with Crippen LogP contribution in [-0.2, 0) is 0 Å². The van der Waals surface area contributed by atoms with E-state index in [0.717, 1.165) is 43.5 Å². The summed E-state index contributed by atoms with van der Waals surface area (Å²) < 4.78 is 2.18. The van der Waals surface area contributed by atoms with Gasteiger partial charge in [-0.2, -0.15) is 0 Å². The second-order valence-electron chi connectivity index (χ2n) is 7.03. The Morgan fingerprint density at radius 3 is 2.48 bits per heavy atom. The third kappa shape index (κ3) is 2.81. The van der Waals surface area contributed by atoms with E-state index >= 15 is 0 Å². The molecule has 1 saturated heterocycles. The summed E-state index contributed by atoms with van der Waals surface area (Å²) in [6, 6.07) is 6.34. The fraction of sp³-hybridized carbons (Fsp3) is 0.421. The summed E-state index contributed by atoms with van der Waals surface area (Å²) >= 11 is 0. The van der Waals surface area contributed by atoms with Gasteiger partial charge >= 0.3 is 0 Å². The maximum absolute atomic E-state index is 4.74. The van der Waals surface area contributed by atoms with Crippen molar-refractivity contribution in [3.8, 4) is 0 Å². The molecule has 1 aliphatic heterocycles. The Morgan fingerprint density at radius 2 is 1.72 bits per heavy atom. The van der Waals surface area contributed by atoms with Crippen molar-refractivity contribution in [2.45, 2.75) is 25.7 Å². The lowest BCUT2D eigenvalue weighted by Gasteiger charge is -2.36. The maximum atomic E-state index is 4.74. The minimum Gasteiger partial charge on any atom is -0.367 e. The first-order valence-corrected chi connectivity index (χ1v) is 9.04. The Balaban J connectivity index is 1.32. The summed E-state index contributed by atoms with van der Waals surface area (Å²) in [6.07, 6.45) is 8.85. The van der Waals surface area contributed by atoms with Crippen molar-refractivity contribution < 1.29 is 0 Å². The number of anilines is 2. The van der Waals surface area contributed by atoms with E-state index in [1.165, 1.54) is 24.2 Å². The zero-order valence-electron chi connectivity index (χ0n) is 14.5. The van der Waals surface area contributed by atoms with Gasteiger partial charge in [0, 0.05) is 50.7 Å². The molecule has 0 amide bonds. The summed E-state index contributed by atoms with van der Waals surface area (Å²) in [5.74, 6) is 2.56. The lowest BCUT2D eigenvalue weighted by Crippen LogP contribution is -2.47. The van der Waals surface area contributed by atoms with Gasteiger partial charge < -0.3 is 14.2 Å². The monoisotopic (exact) mass is 334 g/mol. The molecule has 6 nitrogen and oxygen atoms in total. The van der Waals surface area contributed by atoms with Gasteiger partial charge in [-0.3, -0.25) is 0 Å². The van der Waals surface area contributed by atoms with Crippen molar-refractivity contribution in [3.63, 3.8) is 0 Å². The van der Waals surface area contributed by atoms with Gasteiger partial charge in [0.25, 0.3) is 0 Å². The number of piperazine rings is 1. The highest BCUT2D eigenvalue weighted by atomic mass is 15.3. The van der Waals surface area contributed by atoms with Crippen molar-refractivity contribution in [1.82, 2.24) is 19.4 Å². The Bertz CT molecular complexity index is 905. The predicted molar refractivity (Wildman–Crippen MR) is 98.4 cm³/mol. The largest absolute Gasteiger partial charge is 0.367 e. The molecule has 4 heterocycles. The zero-order valence-corrected chi connectivity index (χ0v) is 14.5. The van der Waals surface area contributed by atoms with Gasteiger partial charge in [-0.1, -0.05) is 0 Å². The first-order valence-electron chi connectivity index (χ1n) is 9.04. The van der Waals surface area contributed by atoms with Gasteiger partial charge in [-0.25, -0.2) is 15.0 Å². The molecule has 5 rings (SSSR count). The summed E-state index contributed by atoms with van der Waals surface area (Å²) in [5.41, 5.74) is 3.58. The van der Waals surface area contributed by atoms with Crippen LogP contribution in [0.15, 0.2) is 36.8 Å². The molecule has 1 saturated carbocycles. The fourth-order valence-corrected chi connectivity index (χ4v) is 3.58. The number of rotatable bonds is 3. The Labute approximate surface area is 147 Å². The van der Waals surface area contributed by atoms with Crippen LogP contribution in [0.3, 0.4) is 0 Å². The first kappa shape index (κ1) is 14.7. The third-order valence-electron chi connectivity index (χ3n) is 5.18. The predicted octanol–water partition coefficient (Wildman–Crippen LogP) is 2.64. The van der Waals surface area contributed by atoms with Gasteiger partial charge in [-0.15, -0.1) is 0 Å². The van der Waals surface area contributed by atoms with Crippen LogP contribution in [-0.4, -0.2) is 45.5 Å². The summed E-state index contributed by atoms with van der Waals surface area (Å²) in [4.78, 5) is 18.3. The second-order valence-corrected chi connectivity index (χ2v) is 7.03. The van der Waals surface area contributed by atoms with Crippen LogP contribution >= 0.6 is 0 Å². The van der Waals surface area contributed by atoms with Gasteiger partial charge in [0.05, 0.1) is 11.4 Å². The SMILES string of the molecule is Cc1nccc(N2CCN(c3ccc4nc(C5CC5)cn4c3)CC2)n1. The molecule has 2 fully saturated rings. The zero-order chi connectivity index (χ0) is 16.8. The molecule has 3 aromatic rings. The van der Waals surface area contributed by atoms with Crippen LogP contribution in [0.25, 0.3) is 5.65 Å². The Kier molecular flexibility index (Phi) is 3.36. The van der Waals surface area contributed by atoms with Crippen LogP contribution in [0.2, 0.25) is 0 Å². The molecule has 3 aromatic heterocycles. The molecular formula is C19H22N6. The minimum atomic E-state index is 0.697. The summed E-state index contributed by atoms with van der Waals surface area (Å²) in [5, 5.41) is 0. The summed E-state index contributed by atoms with van der Waals surface area (Å²) in [6.45, 7) is 5.89. The average Bonchev–Trinajstić information content (AvgIpc) is 3.41. The smallest absolute Gasteiger partial charge is 0.137 e. The number of fused-ring (bicyclic) bond motifs is 1. The lowest BCUT2D eigenvalue weighted by atomic mass is 10.2. The van der Waals surface area contributed by atoms with Gasteiger partial charge in [0.1, 0.15) is 17.3 Å². The van der Waals surface area contributed by atoms with Crippen LogP contribution in [0.5, 0.6) is 0 Å². The van der Waals surface area contributed by atoms with E-state index in [9.17, 15) is 0 Å². The number of pyridine rings is 1. The average molecular weight is 334 g/mol. The molecule has 0 N–H and O–H groups in total. The Hall–Kier alpha value is -2.63. The van der Waals surface area contributed by atoms with Crippen molar-refractivity contribution in [1.29, 1.82) is 0 Å². The fourth-order valence-electron chi connectivity index (χ4n) is 3.58. The molecule has 128 valence electrons. The van der Waals surface area contributed by atoms with Crippen LogP contribution < -0.4 is 9.80 Å². The topological polar surface area (TPSA) is 49.6 Å². The van der Waals surface area contributed by atoms with Crippen LogP contribution in [0.4, 0.5) is 11.5 Å². The number of hydrogen-bond acceptors (Lipinski definition) is 5. The molecule has 0 unspecified atom stereocenters. The molecule has 2 aliphatic rings. The second kappa shape index (κ2) is 5.72. The van der Waals surface area contributed by atoms with Gasteiger partial charge in [0.15, 0.2) is 0 Å². The third-order valence-corrected chi connectivity index (χ3v) is 5.18. The molecule has 0 spiro atoms.